The maximum absolute atomic E-state index is 13.1. The summed E-state index contributed by atoms with van der Waals surface area (Å²) in [7, 11) is -9.94. The van der Waals surface area contributed by atoms with E-state index >= 15 is 0 Å². The zero-order chi connectivity index (χ0) is 70.0. The quantitative estimate of drug-likeness (QED) is 0.0169. The SMILES string of the molecule is CCCCCC/C=C\C=C/CCCCCCCC(=O)OC[C@H](COP(=O)(O)OC[C@@H](O)COP(=O)(O)OC[C@@H](COC(=O)CCCCCCCCCCC(C)C)OC(=O)CCCCCCCCCCCCC(C)CC)OC(=O)CCCCCCC/C=C\C=C/CCCCCC. The van der Waals surface area contributed by atoms with Crippen LogP contribution >= 0.6 is 15.6 Å². The van der Waals surface area contributed by atoms with Crippen molar-refractivity contribution < 1.29 is 80.2 Å². The molecule has 0 aliphatic rings. The third-order valence-corrected chi connectivity index (χ3v) is 18.7. The number of esters is 4. The van der Waals surface area contributed by atoms with E-state index in [1.54, 1.807) is 0 Å². The Balaban J connectivity index is 5.34. The van der Waals surface area contributed by atoms with Crippen LogP contribution in [-0.2, 0) is 65.4 Å². The molecule has 0 spiro atoms. The Kier molecular flexibility index (Phi) is 64.8. The molecule has 0 bridgehead atoms. The summed E-state index contributed by atoms with van der Waals surface area (Å²) in [6, 6.07) is 0. The number of hydrogen-bond acceptors (Lipinski definition) is 15. The van der Waals surface area contributed by atoms with Crippen LogP contribution in [0, 0.1) is 11.8 Å². The molecule has 0 amide bonds. The Labute approximate surface area is 578 Å². The van der Waals surface area contributed by atoms with Gasteiger partial charge in [0.05, 0.1) is 26.4 Å². The molecular weight excluding hydrogens is 1250 g/mol. The van der Waals surface area contributed by atoms with Crippen molar-refractivity contribution in [1.82, 2.24) is 0 Å². The second-order valence-electron chi connectivity index (χ2n) is 26.7. The minimum Gasteiger partial charge on any atom is -0.462 e. The van der Waals surface area contributed by atoms with E-state index in [0.29, 0.717) is 25.7 Å². The molecule has 0 saturated carbocycles. The first kappa shape index (κ1) is 92.0. The zero-order valence-corrected chi connectivity index (χ0v) is 62.7. The summed E-state index contributed by atoms with van der Waals surface area (Å²) in [6.45, 7) is 9.44. The van der Waals surface area contributed by atoms with Crippen LogP contribution in [0.5, 0.6) is 0 Å². The highest BCUT2D eigenvalue weighted by Gasteiger charge is 2.30. The molecule has 556 valence electrons. The molecule has 0 aliphatic heterocycles. The molecule has 3 N–H and O–H groups in total. The van der Waals surface area contributed by atoms with Gasteiger partial charge in [0.25, 0.3) is 0 Å². The normalized spacial score (nSPS) is 14.6. The molecular formula is C76H140O17P2. The van der Waals surface area contributed by atoms with E-state index in [-0.39, 0.29) is 25.7 Å². The van der Waals surface area contributed by atoms with E-state index in [9.17, 15) is 43.2 Å². The Morgan fingerprint density at radius 3 is 0.937 bits per heavy atom. The van der Waals surface area contributed by atoms with E-state index in [2.05, 4.69) is 90.2 Å². The van der Waals surface area contributed by atoms with Gasteiger partial charge in [-0.25, -0.2) is 9.13 Å². The monoisotopic (exact) mass is 1390 g/mol. The second-order valence-corrected chi connectivity index (χ2v) is 29.6. The van der Waals surface area contributed by atoms with Crippen LogP contribution < -0.4 is 0 Å². The summed E-state index contributed by atoms with van der Waals surface area (Å²) >= 11 is 0. The number of aliphatic hydroxyl groups excluding tert-OH is 1. The van der Waals surface area contributed by atoms with Crippen molar-refractivity contribution in [2.75, 3.05) is 39.6 Å². The first-order chi connectivity index (χ1) is 45.9. The lowest BCUT2D eigenvalue weighted by atomic mass is 9.99. The Morgan fingerprint density at radius 1 is 0.347 bits per heavy atom. The highest BCUT2D eigenvalue weighted by Crippen LogP contribution is 2.45. The summed E-state index contributed by atoms with van der Waals surface area (Å²) in [6.07, 6.45) is 59.8. The molecule has 19 heteroatoms. The van der Waals surface area contributed by atoms with Crippen LogP contribution in [0.25, 0.3) is 0 Å². The fraction of sp³-hybridized carbons (Fsp3) is 0.842. The van der Waals surface area contributed by atoms with E-state index in [4.69, 9.17) is 37.0 Å². The number of phosphoric ester groups is 2. The third-order valence-electron chi connectivity index (χ3n) is 16.8. The molecule has 0 saturated heterocycles. The van der Waals surface area contributed by atoms with Crippen molar-refractivity contribution in [2.24, 2.45) is 11.8 Å². The van der Waals surface area contributed by atoms with Crippen LogP contribution in [-0.4, -0.2) is 96.7 Å². The predicted octanol–water partition coefficient (Wildman–Crippen LogP) is 21.4. The van der Waals surface area contributed by atoms with Crippen LogP contribution in [0.2, 0.25) is 0 Å². The molecule has 3 unspecified atom stereocenters. The van der Waals surface area contributed by atoms with Gasteiger partial charge in [-0.3, -0.25) is 37.3 Å². The lowest BCUT2D eigenvalue weighted by Gasteiger charge is -2.21. The number of carbonyl (C=O) groups is 4. The van der Waals surface area contributed by atoms with E-state index < -0.39 is 97.5 Å². The predicted molar refractivity (Wildman–Crippen MR) is 386 cm³/mol. The minimum absolute atomic E-state index is 0.0779. The van der Waals surface area contributed by atoms with Gasteiger partial charge in [0.2, 0.25) is 0 Å². The Morgan fingerprint density at radius 2 is 0.621 bits per heavy atom. The first-order valence-corrected chi connectivity index (χ1v) is 41.2. The fourth-order valence-electron chi connectivity index (χ4n) is 10.5. The van der Waals surface area contributed by atoms with Gasteiger partial charge in [-0.05, 0) is 88.9 Å². The van der Waals surface area contributed by atoms with Gasteiger partial charge in [-0.15, -0.1) is 0 Å². The van der Waals surface area contributed by atoms with Crippen molar-refractivity contribution in [3.8, 4) is 0 Å². The molecule has 0 fully saturated rings. The maximum Gasteiger partial charge on any atom is 0.472 e. The Bertz CT molecular complexity index is 2030. The van der Waals surface area contributed by atoms with Crippen molar-refractivity contribution in [3.63, 3.8) is 0 Å². The average Bonchev–Trinajstić information content (AvgIpc) is 1.54. The van der Waals surface area contributed by atoms with Crippen molar-refractivity contribution in [1.29, 1.82) is 0 Å². The summed E-state index contributed by atoms with van der Waals surface area (Å²) in [5, 5.41) is 10.6. The maximum atomic E-state index is 13.1. The Hall–Kier alpha value is -2.98. The highest BCUT2D eigenvalue weighted by molar-refractivity contribution is 7.47. The summed E-state index contributed by atoms with van der Waals surface area (Å²) < 4.78 is 68.4. The van der Waals surface area contributed by atoms with Crippen LogP contribution in [0.4, 0.5) is 0 Å². The largest absolute Gasteiger partial charge is 0.472 e. The molecule has 95 heavy (non-hydrogen) atoms. The van der Waals surface area contributed by atoms with Gasteiger partial charge in [0, 0.05) is 25.7 Å². The lowest BCUT2D eigenvalue weighted by Crippen LogP contribution is -2.30. The molecule has 0 radical (unpaired) electrons. The molecule has 0 rings (SSSR count). The summed E-state index contributed by atoms with van der Waals surface area (Å²) in [5.74, 6) is -0.655. The van der Waals surface area contributed by atoms with Gasteiger partial charge in [0.15, 0.2) is 12.2 Å². The fourth-order valence-corrected chi connectivity index (χ4v) is 12.1. The van der Waals surface area contributed by atoms with Gasteiger partial charge in [-0.1, -0.05) is 289 Å². The first-order valence-electron chi connectivity index (χ1n) is 38.2. The van der Waals surface area contributed by atoms with Crippen molar-refractivity contribution >= 4 is 39.5 Å². The number of phosphoric acid groups is 2. The molecule has 0 aromatic rings. The number of hydrogen-bond donors (Lipinski definition) is 3. The minimum atomic E-state index is -4.97. The number of ether oxygens (including phenoxy) is 4. The number of allylic oxidation sites excluding steroid dienone is 8. The topological polar surface area (TPSA) is 237 Å². The van der Waals surface area contributed by atoms with Crippen LogP contribution in [0.1, 0.15) is 343 Å². The van der Waals surface area contributed by atoms with Crippen LogP contribution in [0.15, 0.2) is 48.6 Å². The number of rotatable bonds is 71. The summed E-state index contributed by atoms with van der Waals surface area (Å²) in [4.78, 5) is 72.8. The smallest absolute Gasteiger partial charge is 0.462 e. The number of unbranched alkanes of at least 4 members (excludes halogenated alkanes) is 34. The molecule has 0 aliphatic carbocycles. The standard InChI is InChI=1S/C76H140O17P2/c1-7-10-12-14-16-18-20-22-24-26-28-33-40-46-52-58-73(78)86-64-71(92-75(80)60-54-48-42-34-29-27-25-23-21-19-17-15-13-11-8-2)66-90-94(82,83)88-62-70(77)63-89-95(84,85)91-67-72(65-87-74(79)59-53-47-41-37-36-38-44-50-56-68(4)5)93-76(81)61-55-49-43-35-31-30-32-39-45-51-57-69(6)9-3/h18-25,68-72,77H,7-17,26-67H2,1-6H3,(H,82,83)(H,84,85)/b20-18-,21-19-,24-22-,25-23-/t69?,70-,71-,72-/m1/s1. The molecule has 0 heterocycles. The van der Waals surface area contributed by atoms with E-state index in [1.807, 2.05) is 0 Å². The average molecular weight is 1390 g/mol. The van der Waals surface area contributed by atoms with Crippen LogP contribution in [0.3, 0.4) is 0 Å². The molecule has 6 atom stereocenters. The van der Waals surface area contributed by atoms with Gasteiger partial charge < -0.3 is 33.8 Å². The lowest BCUT2D eigenvalue weighted by molar-refractivity contribution is -0.161. The molecule has 0 aromatic carbocycles. The third kappa shape index (κ3) is 68.0. The van der Waals surface area contributed by atoms with Gasteiger partial charge in [-0.2, -0.15) is 0 Å². The van der Waals surface area contributed by atoms with Gasteiger partial charge >= 0.3 is 39.5 Å². The van der Waals surface area contributed by atoms with E-state index in [0.717, 1.165) is 134 Å². The zero-order valence-electron chi connectivity index (χ0n) is 60.9. The van der Waals surface area contributed by atoms with Crippen molar-refractivity contribution in [2.45, 2.75) is 362 Å². The summed E-state index contributed by atoms with van der Waals surface area (Å²) in [5.41, 5.74) is 0. The molecule has 17 nitrogen and oxygen atoms in total. The number of aliphatic hydroxyl groups is 1. The number of carbonyl (C=O) groups excluding carboxylic acids is 4. The molecule has 0 aromatic heterocycles. The second kappa shape index (κ2) is 66.9. The van der Waals surface area contributed by atoms with E-state index in [1.165, 1.54) is 128 Å². The van der Waals surface area contributed by atoms with Gasteiger partial charge in [0.1, 0.15) is 19.3 Å². The van der Waals surface area contributed by atoms with Crippen molar-refractivity contribution in [3.05, 3.63) is 48.6 Å². The highest BCUT2D eigenvalue weighted by atomic mass is 31.2.